The molecule has 3 heterocycles. The van der Waals surface area contributed by atoms with Crippen LogP contribution < -0.4 is 5.32 Å². The summed E-state index contributed by atoms with van der Waals surface area (Å²) in [4.78, 5) is 26.7. The smallest absolute Gasteiger partial charge is 0.275 e. The van der Waals surface area contributed by atoms with E-state index in [0.29, 0.717) is 30.2 Å². The number of anilines is 1. The highest BCUT2D eigenvalue weighted by Gasteiger charge is 2.50. The Hall–Kier alpha value is -2.64. The van der Waals surface area contributed by atoms with Gasteiger partial charge in [-0.1, -0.05) is 5.16 Å². The summed E-state index contributed by atoms with van der Waals surface area (Å²) in [5.74, 6) is 0.435. The topological polar surface area (TPSA) is 93.3 Å². The summed E-state index contributed by atoms with van der Waals surface area (Å²) in [6.07, 6.45) is 0.590. The van der Waals surface area contributed by atoms with Crippen LogP contribution in [0.5, 0.6) is 0 Å². The van der Waals surface area contributed by atoms with Gasteiger partial charge >= 0.3 is 0 Å². The van der Waals surface area contributed by atoms with Crippen molar-refractivity contribution >= 4 is 17.6 Å². The van der Waals surface area contributed by atoms with E-state index < -0.39 is 5.54 Å². The van der Waals surface area contributed by atoms with E-state index in [1.54, 1.807) is 37.7 Å². The molecule has 8 heteroatoms. The number of hydrogen-bond donors (Lipinski definition) is 1. The lowest BCUT2D eigenvalue weighted by molar-refractivity contribution is -0.132. The van der Waals surface area contributed by atoms with E-state index >= 15 is 0 Å². The predicted molar refractivity (Wildman–Crippen MR) is 81.9 cm³/mol. The van der Waals surface area contributed by atoms with Crippen LogP contribution in [0.25, 0.3) is 0 Å². The van der Waals surface area contributed by atoms with Crippen molar-refractivity contribution < 1.29 is 14.1 Å². The van der Waals surface area contributed by atoms with E-state index in [2.05, 4.69) is 15.6 Å². The van der Waals surface area contributed by atoms with Gasteiger partial charge in [-0.15, -0.1) is 0 Å². The quantitative estimate of drug-likeness (QED) is 0.920. The molecule has 1 unspecified atom stereocenters. The van der Waals surface area contributed by atoms with Crippen LogP contribution in [0.15, 0.2) is 16.7 Å². The molecule has 0 aromatic carbocycles. The summed E-state index contributed by atoms with van der Waals surface area (Å²) >= 11 is 0. The van der Waals surface area contributed by atoms with Crippen LogP contribution >= 0.6 is 0 Å². The molecule has 1 aliphatic heterocycles. The van der Waals surface area contributed by atoms with Crippen LogP contribution in [-0.4, -0.2) is 43.7 Å². The lowest BCUT2D eigenvalue weighted by Crippen LogP contribution is -2.66. The van der Waals surface area contributed by atoms with Gasteiger partial charge in [0.1, 0.15) is 11.3 Å². The van der Waals surface area contributed by atoms with Crippen molar-refractivity contribution in [3.8, 4) is 0 Å². The third-order valence-electron chi connectivity index (χ3n) is 4.35. The first-order chi connectivity index (χ1) is 10.8. The molecule has 2 aromatic heterocycles. The fourth-order valence-corrected chi connectivity index (χ4v) is 2.60. The molecule has 2 amide bonds. The van der Waals surface area contributed by atoms with E-state index in [-0.39, 0.29) is 11.8 Å². The summed E-state index contributed by atoms with van der Waals surface area (Å²) in [5.41, 5.74) is 0.328. The number of nitrogens with zero attached hydrogens (tertiary/aromatic N) is 4. The Morgan fingerprint density at radius 3 is 2.57 bits per heavy atom. The number of rotatable bonds is 3. The molecule has 2 aromatic rings. The van der Waals surface area contributed by atoms with Crippen molar-refractivity contribution in [2.75, 3.05) is 11.9 Å². The second kappa shape index (κ2) is 5.22. The van der Waals surface area contributed by atoms with Crippen molar-refractivity contribution in [2.45, 2.75) is 32.7 Å². The van der Waals surface area contributed by atoms with Gasteiger partial charge in [-0.3, -0.25) is 14.3 Å². The van der Waals surface area contributed by atoms with Crippen molar-refractivity contribution in [1.82, 2.24) is 19.8 Å². The molecule has 1 fully saturated rings. The van der Waals surface area contributed by atoms with E-state index in [9.17, 15) is 9.59 Å². The standard InChI is InChI=1S/C15H19N5O3/c1-9-7-11(17-19(9)4)13(21)20-6-5-15(20,3)14(22)16-12-8-10(2)23-18-12/h7-8H,5-6H2,1-4H3,(H,16,18,22). The number of carbonyl (C=O) groups excluding carboxylic acids is 2. The Labute approximate surface area is 133 Å². The van der Waals surface area contributed by atoms with E-state index in [0.717, 1.165) is 5.69 Å². The Morgan fingerprint density at radius 1 is 1.35 bits per heavy atom. The molecule has 1 atom stereocenters. The monoisotopic (exact) mass is 317 g/mol. The second-order valence-corrected chi connectivity index (χ2v) is 6.05. The molecule has 23 heavy (non-hydrogen) atoms. The van der Waals surface area contributed by atoms with Crippen LogP contribution in [0.2, 0.25) is 0 Å². The van der Waals surface area contributed by atoms with Gasteiger partial charge in [-0.2, -0.15) is 5.10 Å². The van der Waals surface area contributed by atoms with Crippen molar-refractivity contribution in [3.05, 3.63) is 29.3 Å². The highest BCUT2D eigenvalue weighted by Crippen LogP contribution is 2.33. The fraction of sp³-hybridized carbons (Fsp3) is 0.467. The van der Waals surface area contributed by atoms with Gasteiger partial charge in [0.2, 0.25) is 0 Å². The van der Waals surface area contributed by atoms with E-state index in [1.807, 2.05) is 6.92 Å². The van der Waals surface area contributed by atoms with Crippen molar-refractivity contribution in [3.63, 3.8) is 0 Å². The molecule has 3 rings (SSSR count). The first-order valence-electron chi connectivity index (χ1n) is 7.38. The second-order valence-electron chi connectivity index (χ2n) is 6.05. The normalized spacial score (nSPS) is 20.3. The van der Waals surface area contributed by atoms with Gasteiger partial charge in [-0.25, -0.2) is 0 Å². The summed E-state index contributed by atoms with van der Waals surface area (Å²) < 4.78 is 6.57. The van der Waals surface area contributed by atoms with Gasteiger partial charge in [-0.05, 0) is 33.3 Å². The zero-order valence-electron chi connectivity index (χ0n) is 13.6. The maximum Gasteiger partial charge on any atom is 0.275 e. The zero-order chi connectivity index (χ0) is 16.8. The number of carbonyl (C=O) groups is 2. The lowest BCUT2D eigenvalue weighted by Gasteiger charge is -2.48. The Bertz CT molecular complexity index is 758. The van der Waals surface area contributed by atoms with Crippen LogP contribution in [0.4, 0.5) is 5.82 Å². The minimum Gasteiger partial charge on any atom is -0.360 e. The molecule has 0 bridgehead atoms. The first-order valence-corrected chi connectivity index (χ1v) is 7.38. The highest BCUT2D eigenvalue weighted by molar-refractivity contribution is 6.03. The molecular formula is C15H19N5O3. The maximum atomic E-state index is 12.6. The summed E-state index contributed by atoms with van der Waals surface area (Å²) in [7, 11) is 1.78. The highest BCUT2D eigenvalue weighted by atomic mass is 16.5. The van der Waals surface area contributed by atoms with Crippen LogP contribution in [-0.2, 0) is 11.8 Å². The van der Waals surface area contributed by atoms with E-state index in [1.165, 1.54) is 4.90 Å². The van der Waals surface area contributed by atoms with Crippen LogP contribution in [0, 0.1) is 13.8 Å². The molecule has 0 aliphatic carbocycles. The molecule has 1 saturated heterocycles. The molecule has 8 nitrogen and oxygen atoms in total. The third-order valence-corrected chi connectivity index (χ3v) is 4.35. The minimum atomic E-state index is -0.907. The van der Waals surface area contributed by atoms with E-state index in [4.69, 9.17) is 4.52 Å². The molecule has 0 spiro atoms. The summed E-state index contributed by atoms with van der Waals surface area (Å²) in [6.45, 7) is 5.88. The summed E-state index contributed by atoms with van der Waals surface area (Å²) in [5, 5.41) is 10.6. The van der Waals surface area contributed by atoms with Gasteiger partial charge in [0.15, 0.2) is 11.5 Å². The van der Waals surface area contributed by atoms with Crippen molar-refractivity contribution in [2.24, 2.45) is 7.05 Å². The van der Waals surface area contributed by atoms with Gasteiger partial charge in [0, 0.05) is 25.4 Å². The average Bonchev–Trinajstić information content (AvgIpc) is 3.03. The fourth-order valence-electron chi connectivity index (χ4n) is 2.60. The first kappa shape index (κ1) is 15.3. The SMILES string of the molecule is Cc1cc(NC(=O)C2(C)CCN2C(=O)c2cc(C)n(C)n2)no1. The molecule has 0 saturated carbocycles. The number of aryl methyl sites for hydroxylation is 3. The number of likely N-dealkylation sites (tertiary alicyclic amines) is 1. The summed E-state index contributed by atoms with van der Waals surface area (Å²) in [6, 6.07) is 3.36. The molecular weight excluding hydrogens is 298 g/mol. The maximum absolute atomic E-state index is 12.6. The Morgan fingerprint density at radius 2 is 2.09 bits per heavy atom. The molecule has 0 radical (unpaired) electrons. The van der Waals surface area contributed by atoms with Gasteiger partial charge < -0.3 is 14.7 Å². The molecule has 1 N–H and O–H groups in total. The minimum absolute atomic E-state index is 0.242. The number of amides is 2. The Balaban J connectivity index is 1.76. The van der Waals surface area contributed by atoms with Gasteiger partial charge in [0.25, 0.3) is 11.8 Å². The molecule has 122 valence electrons. The largest absolute Gasteiger partial charge is 0.360 e. The van der Waals surface area contributed by atoms with Gasteiger partial charge in [0.05, 0.1) is 0 Å². The van der Waals surface area contributed by atoms with Crippen LogP contribution in [0.1, 0.15) is 35.3 Å². The third kappa shape index (κ3) is 2.49. The molecule has 1 aliphatic rings. The number of aromatic nitrogens is 3. The Kier molecular flexibility index (Phi) is 3.46. The predicted octanol–water partition coefficient (Wildman–Crippen LogP) is 1.27. The van der Waals surface area contributed by atoms with Crippen molar-refractivity contribution in [1.29, 1.82) is 0 Å². The lowest BCUT2D eigenvalue weighted by atomic mass is 9.85. The zero-order valence-corrected chi connectivity index (χ0v) is 13.6. The van der Waals surface area contributed by atoms with Crippen LogP contribution in [0.3, 0.4) is 0 Å². The average molecular weight is 317 g/mol. The number of nitrogens with one attached hydrogen (secondary N) is 1. The number of hydrogen-bond acceptors (Lipinski definition) is 5.